The van der Waals surface area contributed by atoms with Crippen LogP contribution < -0.4 is 10.5 Å². The van der Waals surface area contributed by atoms with Gasteiger partial charge in [0, 0.05) is 0 Å². The predicted octanol–water partition coefficient (Wildman–Crippen LogP) is 2.77. The lowest BCUT2D eigenvalue weighted by Crippen LogP contribution is -2.18. The van der Waals surface area contributed by atoms with E-state index in [0.717, 1.165) is 0 Å². The van der Waals surface area contributed by atoms with Crippen LogP contribution >= 0.6 is 15.9 Å². The van der Waals surface area contributed by atoms with Crippen molar-refractivity contribution in [3.8, 4) is 5.75 Å². The van der Waals surface area contributed by atoms with Gasteiger partial charge in [0.25, 0.3) is 0 Å². The Hall–Kier alpha value is -1.51. The molecule has 1 aromatic rings. The highest BCUT2D eigenvalue weighted by Crippen LogP contribution is 2.36. The minimum absolute atomic E-state index is 0.484. The minimum atomic E-state index is -5.07. The second-order valence-electron chi connectivity index (χ2n) is 2.82. The van der Waals surface area contributed by atoms with E-state index in [2.05, 4.69) is 20.7 Å². The van der Waals surface area contributed by atoms with E-state index < -0.39 is 39.6 Å². The smallest absolute Gasteiger partial charge is 0.478 e. The van der Waals surface area contributed by atoms with Crippen LogP contribution in [0.1, 0.15) is 10.4 Å². The fraction of sp³-hybridized carbons (Fsp3) is 0.125. The van der Waals surface area contributed by atoms with Gasteiger partial charge in [-0.15, -0.1) is 13.2 Å². The Morgan fingerprint density at radius 2 is 2.00 bits per heavy atom. The molecule has 94 valence electrons. The summed E-state index contributed by atoms with van der Waals surface area (Å²) in [6, 6.07) is 0.484. The van der Waals surface area contributed by atoms with Gasteiger partial charge in [0.05, 0.1) is 15.7 Å². The zero-order chi connectivity index (χ0) is 13.4. The van der Waals surface area contributed by atoms with Crippen molar-refractivity contribution >= 4 is 27.6 Å². The van der Waals surface area contributed by atoms with Crippen LogP contribution in [0.25, 0.3) is 0 Å². The number of aromatic carboxylic acids is 1. The van der Waals surface area contributed by atoms with Gasteiger partial charge in [0.15, 0.2) is 5.82 Å². The lowest BCUT2D eigenvalue weighted by Gasteiger charge is -2.13. The number of ether oxygens (including phenoxy) is 1. The number of benzene rings is 1. The van der Waals surface area contributed by atoms with Crippen molar-refractivity contribution in [3.05, 3.63) is 21.9 Å². The van der Waals surface area contributed by atoms with Gasteiger partial charge in [-0.1, -0.05) is 0 Å². The molecule has 0 radical (unpaired) electrons. The third-order valence-electron chi connectivity index (χ3n) is 1.67. The Morgan fingerprint density at radius 3 is 2.41 bits per heavy atom. The Bertz CT molecular complexity index is 475. The van der Waals surface area contributed by atoms with Crippen LogP contribution in [0.3, 0.4) is 0 Å². The maximum absolute atomic E-state index is 13.3. The molecule has 1 rings (SSSR count). The van der Waals surface area contributed by atoms with Crippen molar-refractivity contribution in [2.24, 2.45) is 0 Å². The van der Waals surface area contributed by atoms with Gasteiger partial charge < -0.3 is 15.6 Å². The number of carboxylic acids is 1. The molecule has 17 heavy (non-hydrogen) atoms. The Morgan fingerprint density at radius 1 is 1.47 bits per heavy atom. The Balaban J connectivity index is 3.37. The van der Waals surface area contributed by atoms with E-state index in [-0.39, 0.29) is 0 Å². The van der Waals surface area contributed by atoms with Crippen molar-refractivity contribution in [2.75, 3.05) is 5.73 Å². The highest BCUT2D eigenvalue weighted by Gasteiger charge is 2.33. The normalized spacial score (nSPS) is 11.4. The summed E-state index contributed by atoms with van der Waals surface area (Å²) in [5.41, 5.74) is 3.50. The largest absolute Gasteiger partial charge is 0.573 e. The quantitative estimate of drug-likeness (QED) is 0.650. The summed E-state index contributed by atoms with van der Waals surface area (Å²) in [5, 5.41) is 8.60. The molecular formula is C8H4BrF4NO3. The fourth-order valence-electron chi connectivity index (χ4n) is 0.993. The first-order valence-electron chi connectivity index (χ1n) is 3.90. The predicted molar refractivity (Wildman–Crippen MR) is 52.2 cm³/mol. The average molecular weight is 318 g/mol. The number of alkyl halides is 3. The van der Waals surface area contributed by atoms with Gasteiger partial charge in [-0.3, -0.25) is 0 Å². The van der Waals surface area contributed by atoms with Crippen LogP contribution in [0.5, 0.6) is 5.75 Å². The van der Waals surface area contributed by atoms with E-state index in [4.69, 9.17) is 10.8 Å². The van der Waals surface area contributed by atoms with Crippen LogP contribution in [0.15, 0.2) is 10.5 Å². The van der Waals surface area contributed by atoms with Crippen molar-refractivity contribution in [3.63, 3.8) is 0 Å². The Labute approximate surface area is 100 Å². The number of anilines is 1. The highest BCUT2D eigenvalue weighted by atomic mass is 79.9. The van der Waals surface area contributed by atoms with Gasteiger partial charge in [-0.25, -0.2) is 9.18 Å². The third-order valence-corrected chi connectivity index (χ3v) is 2.41. The standard InChI is InChI=1S/C8H4BrF4NO3/c9-4-3(17-8(11,12)13)1-2(7(15)16)6(14)5(4)10/h1H,14H2,(H,15,16). The lowest BCUT2D eigenvalue weighted by atomic mass is 10.1. The van der Waals surface area contributed by atoms with Crippen LogP contribution in [-0.4, -0.2) is 17.4 Å². The fourth-order valence-corrected chi connectivity index (χ4v) is 1.40. The minimum Gasteiger partial charge on any atom is -0.478 e. The van der Waals surface area contributed by atoms with E-state index in [9.17, 15) is 22.4 Å². The summed E-state index contributed by atoms with van der Waals surface area (Å²) in [4.78, 5) is 10.6. The van der Waals surface area contributed by atoms with Gasteiger partial charge in [-0.05, 0) is 22.0 Å². The number of nitrogens with two attached hydrogens (primary N) is 1. The van der Waals surface area contributed by atoms with Crippen LogP contribution in [0.2, 0.25) is 0 Å². The van der Waals surface area contributed by atoms with Crippen molar-refractivity contribution in [2.45, 2.75) is 6.36 Å². The molecule has 0 aliphatic carbocycles. The molecular weight excluding hydrogens is 314 g/mol. The first-order valence-corrected chi connectivity index (χ1v) is 4.69. The summed E-state index contributed by atoms with van der Waals surface area (Å²) in [6.45, 7) is 0. The molecule has 0 heterocycles. The Kier molecular flexibility index (Phi) is 3.51. The molecule has 0 aliphatic heterocycles. The maximum Gasteiger partial charge on any atom is 0.573 e. The third kappa shape index (κ3) is 2.99. The summed E-state index contributed by atoms with van der Waals surface area (Å²) in [6.07, 6.45) is -5.07. The summed E-state index contributed by atoms with van der Waals surface area (Å²) in [5.74, 6) is -4.01. The molecule has 0 saturated heterocycles. The summed E-state index contributed by atoms with van der Waals surface area (Å²) >= 11 is 2.49. The maximum atomic E-state index is 13.3. The molecule has 0 atom stereocenters. The molecule has 4 nitrogen and oxygen atoms in total. The molecule has 3 N–H and O–H groups in total. The van der Waals surface area contributed by atoms with Gasteiger partial charge >= 0.3 is 12.3 Å². The molecule has 0 bridgehead atoms. The van der Waals surface area contributed by atoms with Crippen molar-refractivity contribution in [1.82, 2.24) is 0 Å². The molecule has 1 aromatic carbocycles. The first kappa shape index (κ1) is 13.6. The highest BCUT2D eigenvalue weighted by molar-refractivity contribution is 9.10. The number of carboxylic acid groups (broad SMARTS) is 1. The van der Waals surface area contributed by atoms with Crippen LogP contribution in [0.4, 0.5) is 23.2 Å². The van der Waals surface area contributed by atoms with E-state index in [1.165, 1.54) is 0 Å². The van der Waals surface area contributed by atoms with Crippen LogP contribution in [0, 0.1) is 5.82 Å². The second-order valence-corrected chi connectivity index (χ2v) is 3.61. The molecule has 0 fully saturated rings. The first-order chi connectivity index (χ1) is 7.63. The molecule has 9 heteroatoms. The molecule has 0 aromatic heterocycles. The number of hydrogen-bond donors (Lipinski definition) is 2. The van der Waals surface area contributed by atoms with Gasteiger partial charge in [-0.2, -0.15) is 0 Å². The van der Waals surface area contributed by atoms with Crippen molar-refractivity contribution in [1.29, 1.82) is 0 Å². The molecule has 0 aliphatic rings. The molecule has 0 saturated carbocycles. The second kappa shape index (κ2) is 4.40. The topological polar surface area (TPSA) is 72.6 Å². The summed E-state index contributed by atoms with van der Waals surface area (Å²) in [7, 11) is 0. The number of carbonyl (C=O) groups is 1. The summed E-state index contributed by atoms with van der Waals surface area (Å²) < 4.78 is 51.9. The van der Waals surface area contributed by atoms with E-state index in [0.29, 0.717) is 6.07 Å². The SMILES string of the molecule is Nc1c(C(=O)O)cc(OC(F)(F)F)c(Br)c1F. The molecule has 0 unspecified atom stereocenters. The monoisotopic (exact) mass is 317 g/mol. The number of nitrogen functional groups attached to an aromatic ring is 1. The van der Waals surface area contributed by atoms with E-state index in [1.54, 1.807) is 0 Å². The van der Waals surface area contributed by atoms with E-state index in [1.807, 2.05) is 0 Å². The molecule has 0 amide bonds. The van der Waals surface area contributed by atoms with Crippen molar-refractivity contribution < 1.29 is 32.2 Å². The number of hydrogen-bond acceptors (Lipinski definition) is 3. The number of halogens is 5. The zero-order valence-corrected chi connectivity index (χ0v) is 9.39. The number of rotatable bonds is 2. The zero-order valence-electron chi connectivity index (χ0n) is 7.81. The van der Waals surface area contributed by atoms with E-state index >= 15 is 0 Å². The van der Waals surface area contributed by atoms with Crippen LogP contribution in [-0.2, 0) is 0 Å². The van der Waals surface area contributed by atoms with Gasteiger partial charge in [0.1, 0.15) is 5.75 Å². The van der Waals surface area contributed by atoms with Gasteiger partial charge in [0.2, 0.25) is 0 Å². The lowest BCUT2D eigenvalue weighted by molar-refractivity contribution is -0.275. The average Bonchev–Trinajstić information content (AvgIpc) is 2.16. The molecule has 0 spiro atoms.